The van der Waals surface area contributed by atoms with Crippen molar-refractivity contribution in [1.29, 1.82) is 0 Å². The van der Waals surface area contributed by atoms with Crippen LogP contribution in [0.5, 0.6) is 0 Å². The smallest absolute Gasteiger partial charge is 0.251 e. The fourth-order valence-electron chi connectivity index (χ4n) is 2.77. The molecule has 1 N–H and O–H groups in total. The number of carbonyl (C=O) groups excluding carboxylic acids is 1. The van der Waals surface area contributed by atoms with Gasteiger partial charge in [-0.2, -0.15) is 4.98 Å². The minimum Gasteiger partial charge on any atom is -0.352 e. The Balaban J connectivity index is 1.35. The van der Waals surface area contributed by atoms with Crippen LogP contribution in [-0.4, -0.2) is 27.6 Å². The van der Waals surface area contributed by atoms with Gasteiger partial charge in [-0.3, -0.25) is 4.79 Å². The zero-order valence-corrected chi connectivity index (χ0v) is 16.4. The van der Waals surface area contributed by atoms with Gasteiger partial charge in [0.15, 0.2) is 0 Å². The Morgan fingerprint density at radius 3 is 2.72 bits per heavy atom. The fraction of sp³-hybridized carbons (Fsp3) is 0.143. The molecule has 29 heavy (non-hydrogen) atoms. The van der Waals surface area contributed by atoms with Gasteiger partial charge in [0.05, 0.1) is 5.69 Å². The van der Waals surface area contributed by atoms with Crippen LogP contribution >= 0.6 is 11.3 Å². The molecule has 8 heteroatoms. The molecule has 2 aromatic heterocycles. The van der Waals surface area contributed by atoms with Crippen molar-refractivity contribution in [3.8, 4) is 22.0 Å². The van der Waals surface area contributed by atoms with E-state index < -0.39 is 0 Å². The molecule has 0 fully saturated rings. The molecule has 0 spiro atoms. The number of amides is 1. The Kier molecular flexibility index (Phi) is 5.44. The van der Waals surface area contributed by atoms with Crippen LogP contribution in [0.1, 0.15) is 21.9 Å². The lowest BCUT2D eigenvalue weighted by atomic mass is 10.1. The quantitative estimate of drug-likeness (QED) is 0.515. The van der Waals surface area contributed by atoms with Crippen molar-refractivity contribution >= 4 is 17.2 Å². The van der Waals surface area contributed by atoms with E-state index >= 15 is 0 Å². The highest BCUT2D eigenvalue weighted by Gasteiger charge is 2.11. The van der Waals surface area contributed by atoms with Gasteiger partial charge in [0.1, 0.15) is 10.8 Å². The van der Waals surface area contributed by atoms with Crippen molar-refractivity contribution in [1.82, 2.24) is 20.4 Å². The average molecular weight is 408 g/mol. The van der Waals surface area contributed by atoms with Crippen LogP contribution in [0, 0.1) is 12.7 Å². The highest BCUT2D eigenvalue weighted by atomic mass is 32.1. The van der Waals surface area contributed by atoms with Gasteiger partial charge in [-0.05, 0) is 36.4 Å². The molecular formula is C21H17FN4O2S. The van der Waals surface area contributed by atoms with Crippen molar-refractivity contribution in [2.75, 3.05) is 6.54 Å². The molecule has 0 aliphatic carbocycles. The molecule has 4 rings (SSSR count). The molecule has 0 saturated carbocycles. The lowest BCUT2D eigenvalue weighted by Crippen LogP contribution is -2.25. The molecule has 4 aromatic rings. The first-order valence-electron chi connectivity index (χ1n) is 8.98. The number of hydrogen-bond donors (Lipinski definition) is 1. The normalized spacial score (nSPS) is 10.8. The largest absolute Gasteiger partial charge is 0.352 e. The third kappa shape index (κ3) is 4.55. The minimum atomic E-state index is -0.272. The summed E-state index contributed by atoms with van der Waals surface area (Å²) in [7, 11) is 0. The number of thiazole rings is 1. The van der Waals surface area contributed by atoms with Crippen LogP contribution < -0.4 is 5.32 Å². The first kappa shape index (κ1) is 18.9. The number of aromatic nitrogens is 3. The number of nitrogens with zero attached hydrogens (tertiary/aromatic N) is 3. The number of nitrogens with one attached hydrogen (secondary N) is 1. The summed E-state index contributed by atoms with van der Waals surface area (Å²) in [5.74, 6) is 0.471. The molecule has 1 amide bonds. The molecule has 2 heterocycles. The van der Waals surface area contributed by atoms with E-state index in [0.717, 1.165) is 21.8 Å². The summed E-state index contributed by atoms with van der Waals surface area (Å²) in [5.41, 5.74) is 3.00. The Labute approximate surface area is 170 Å². The van der Waals surface area contributed by atoms with Gasteiger partial charge in [-0.15, -0.1) is 11.3 Å². The Morgan fingerprint density at radius 2 is 1.97 bits per heavy atom. The number of aryl methyl sites for hydroxylation is 1. The minimum absolute atomic E-state index is 0.180. The van der Waals surface area contributed by atoms with Crippen molar-refractivity contribution in [3.63, 3.8) is 0 Å². The molecule has 146 valence electrons. The zero-order valence-electron chi connectivity index (χ0n) is 15.6. The van der Waals surface area contributed by atoms with Gasteiger partial charge in [-0.25, -0.2) is 9.37 Å². The van der Waals surface area contributed by atoms with Gasteiger partial charge < -0.3 is 9.84 Å². The van der Waals surface area contributed by atoms with E-state index in [9.17, 15) is 9.18 Å². The van der Waals surface area contributed by atoms with Crippen molar-refractivity contribution in [3.05, 3.63) is 76.9 Å². The van der Waals surface area contributed by atoms with Gasteiger partial charge >= 0.3 is 0 Å². The second kappa shape index (κ2) is 8.32. The zero-order chi connectivity index (χ0) is 20.2. The second-order valence-corrected chi connectivity index (χ2v) is 7.23. The standard InChI is InChI=1S/C21H17FN4O2S/c1-13-24-19(26-28-13)15-3-2-4-16(11-15)20(27)23-10-9-18-12-29-21(25-18)14-5-7-17(22)8-6-14/h2-8,11-12H,9-10H2,1H3,(H,23,27). The molecule has 0 aliphatic heterocycles. The number of halogens is 1. The first-order chi connectivity index (χ1) is 14.1. The Morgan fingerprint density at radius 1 is 1.14 bits per heavy atom. The summed E-state index contributed by atoms with van der Waals surface area (Å²) in [6, 6.07) is 13.3. The highest BCUT2D eigenvalue weighted by Crippen LogP contribution is 2.24. The maximum atomic E-state index is 13.0. The molecule has 0 bridgehead atoms. The molecule has 0 unspecified atom stereocenters. The molecule has 0 aliphatic rings. The van der Waals surface area contributed by atoms with Crippen LogP contribution in [0.3, 0.4) is 0 Å². The Hall–Kier alpha value is -3.39. The van der Waals surface area contributed by atoms with Crippen LogP contribution in [0.25, 0.3) is 22.0 Å². The lowest BCUT2D eigenvalue weighted by molar-refractivity contribution is 0.0954. The maximum absolute atomic E-state index is 13.0. The number of carbonyl (C=O) groups is 1. The van der Waals surface area contributed by atoms with E-state index in [4.69, 9.17) is 4.52 Å². The average Bonchev–Trinajstić information content (AvgIpc) is 3.38. The SMILES string of the molecule is Cc1nc(-c2cccc(C(=O)NCCc3csc(-c4ccc(F)cc4)n3)c2)no1. The summed E-state index contributed by atoms with van der Waals surface area (Å²) in [6.45, 7) is 2.17. The maximum Gasteiger partial charge on any atom is 0.251 e. The molecule has 0 saturated heterocycles. The van der Waals surface area contributed by atoms with Gasteiger partial charge in [-0.1, -0.05) is 17.3 Å². The van der Waals surface area contributed by atoms with E-state index in [1.807, 2.05) is 11.4 Å². The van der Waals surface area contributed by atoms with Crippen LogP contribution in [0.4, 0.5) is 4.39 Å². The fourth-order valence-corrected chi connectivity index (χ4v) is 3.63. The van der Waals surface area contributed by atoms with Crippen LogP contribution in [0.15, 0.2) is 58.4 Å². The van der Waals surface area contributed by atoms with Crippen molar-refractivity contribution in [2.45, 2.75) is 13.3 Å². The van der Waals surface area contributed by atoms with Gasteiger partial charge in [0.25, 0.3) is 5.91 Å². The van der Waals surface area contributed by atoms with E-state index in [2.05, 4.69) is 20.4 Å². The molecule has 0 radical (unpaired) electrons. The second-order valence-electron chi connectivity index (χ2n) is 6.37. The third-order valence-electron chi connectivity index (χ3n) is 4.22. The summed E-state index contributed by atoms with van der Waals surface area (Å²) >= 11 is 1.50. The predicted octanol–water partition coefficient (Wildman–Crippen LogP) is 4.28. The third-order valence-corrected chi connectivity index (χ3v) is 5.16. The van der Waals surface area contributed by atoms with Crippen LogP contribution in [0.2, 0.25) is 0 Å². The van der Waals surface area contributed by atoms with E-state index in [1.54, 1.807) is 37.3 Å². The van der Waals surface area contributed by atoms with Gasteiger partial charge in [0.2, 0.25) is 11.7 Å². The highest BCUT2D eigenvalue weighted by molar-refractivity contribution is 7.13. The van der Waals surface area contributed by atoms with Gasteiger partial charge in [0, 0.05) is 42.0 Å². The van der Waals surface area contributed by atoms with E-state index in [0.29, 0.717) is 30.2 Å². The first-order valence-corrected chi connectivity index (χ1v) is 9.86. The molecular weight excluding hydrogens is 391 g/mol. The summed E-state index contributed by atoms with van der Waals surface area (Å²) < 4.78 is 18.0. The number of hydrogen-bond acceptors (Lipinski definition) is 6. The molecule has 6 nitrogen and oxygen atoms in total. The molecule has 0 atom stereocenters. The summed E-state index contributed by atoms with van der Waals surface area (Å²) in [5, 5.41) is 9.55. The van der Waals surface area contributed by atoms with E-state index in [-0.39, 0.29) is 11.7 Å². The monoisotopic (exact) mass is 408 g/mol. The van der Waals surface area contributed by atoms with E-state index in [1.165, 1.54) is 23.5 Å². The predicted molar refractivity (Wildman–Crippen MR) is 108 cm³/mol. The number of rotatable bonds is 6. The molecule has 2 aromatic carbocycles. The van der Waals surface area contributed by atoms with Crippen molar-refractivity contribution < 1.29 is 13.7 Å². The van der Waals surface area contributed by atoms with Crippen molar-refractivity contribution in [2.24, 2.45) is 0 Å². The topological polar surface area (TPSA) is 80.9 Å². The number of benzene rings is 2. The summed E-state index contributed by atoms with van der Waals surface area (Å²) in [6.07, 6.45) is 0.604. The Bertz CT molecular complexity index is 1140. The summed E-state index contributed by atoms with van der Waals surface area (Å²) in [4.78, 5) is 21.2. The van der Waals surface area contributed by atoms with Crippen LogP contribution in [-0.2, 0) is 6.42 Å². The lowest BCUT2D eigenvalue weighted by Gasteiger charge is -2.05.